The first-order valence-corrected chi connectivity index (χ1v) is 6.64. The number of rotatable bonds is 3. The van der Waals surface area contributed by atoms with Crippen LogP contribution in [0.25, 0.3) is 0 Å². The van der Waals surface area contributed by atoms with Crippen molar-refractivity contribution >= 4 is 0 Å². The smallest absolute Gasteiger partial charge is 0.231 e. The van der Waals surface area contributed by atoms with Crippen LogP contribution in [0.3, 0.4) is 0 Å². The fourth-order valence-electron chi connectivity index (χ4n) is 2.49. The molecule has 3 rings (SSSR count). The Hall–Kier alpha value is -1.42. The molecule has 0 spiro atoms. The standard InChI is InChI=1S/C14H19NO3/c1-2-15-7-5-11(6-8-15)18-12-3-4-13-14(9-12)17-10-16-13/h3-4,9,11H,2,5-8,10H2,1H3. The van der Waals surface area contributed by atoms with Crippen LogP contribution in [0.15, 0.2) is 18.2 Å². The average Bonchev–Trinajstić information content (AvgIpc) is 2.87. The van der Waals surface area contributed by atoms with Crippen molar-refractivity contribution in [2.24, 2.45) is 0 Å². The molecule has 0 amide bonds. The second-order valence-electron chi connectivity index (χ2n) is 4.77. The average molecular weight is 249 g/mol. The van der Waals surface area contributed by atoms with Gasteiger partial charge in [-0.15, -0.1) is 0 Å². The van der Waals surface area contributed by atoms with E-state index >= 15 is 0 Å². The molecule has 1 aromatic carbocycles. The Morgan fingerprint density at radius 3 is 2.78 bits per heavy atom. The molecular weight excluding hydrogens is 230 g/mol. The van der Waals surface area contributed by atoms with Crippen LogP contribution < -0.4 is 14.2 Å². The normalized spacial score (nSPS) is 20.1. The van der Waals surface area contributed by atoms with Gasteiger partial charge in [0, 0.05) is 19.2 Å². The summed E-state index contributed by atoms with van der Waals surface area (Å²) in [6.07, 6.45) is 2.53. The van der Waals surface area contributed by atoms with Crippen molar-refractivity contribution in [3.63, 3.8) is 0 Å². The van der Waals surface area contributed by atoms with Crippen LogP contribution in [0.1, 0.15) is 19.8 Å². The minimum atomic E-state index is 0.313. The summed E-state index contributed by atoms with van der Waals surface area (Å²) >= 11 is 0. The molecule has 98 valence electrons. The zero-order valence-electron chi connectivity index (χ0n) is 10.7. The van der Waals surface area contributed by atoms with E-state index in [2.05, 4.69) is 11.8 Å². The van der Waals surface area contributed by atoms with Crippen molar-refractivity contribution in [1.82, 2.24) is 4.90 Å². The molecule has 2 heterocycles. The second kappa shape index (κ2) is 5.06. The van der Waals surface area contributed by atoms with E-state index in [0.29, 0.717) is 12.9 Å². The lowest BCUT2D eigenvalue weighted by Crippen LogP contribution is -2.37. The predicted octanol–water partition coefficient (Wildman–Crippen LogP) is 2.28. The molecule has 18 heavy (non-hydrogen) atoms. The number of nitrogens with zero attached hydrogens (tertiary/aromatic N) is 1. The highest BCUT2D eigenvalue weighted by molar-refractivity contribution is 5.46. The van der Waals surface area contributed by atoms with Crippen molar-refractivity contribution in [1.29, 1.82) is 0 Å². The van der Waals surface area contributed by atoms with Gasteiger partial charge in [0.05, 0.1) is 0 Å². The molecule has 1 fully saturated rings. The van der Waals surface area contributed by atoms with Gasteiger partial charge in [-0.05, 0) is 31.5 Å². The Morgan fingerprint density at radius 2 is 2.00 bits per heavy atom. The van der Waals surface area contributed by atoms with Gasteiger partial charge in [0.2, 0.25) is 6.79 Å². The van der Waals surface area contributed by atoms with Crippen LogP contribution >= 0.6 is 0 Å². The van der Waals surface area contributed by atoms with Gasteiger partial charge in [0.1, 0.15) is 11.9 Å². The van der Waals surface area contributed by atoms with Crippen molar-refractivity contribution in [3.05, 3.63) is 18.2 Å². The molecule has 0 saturated carbocycles. The number of hydrogen-bond donors (Lipinski definition) is 0. The maximum Gasteiger partial charge on any atom is 0.231 e. The van der Waals surface area contributed by atoms with Gasteiger partial charge in [0.25, 0.3) is 0 Å². The molecule has 0 atom stereocenters. The number of benzene rings is 1. The van der Waals surface area contributed by atoms with Crippen LogP contribution in [0.4, 0.5) is 0 Å². The number of fused-ring (bicyclic) bond motifs is 1. The SMILES string of the molecule is CCN1CCC(Oc2ccc3c(c2)OCO3)CC1. The first-order valence-electron chi connectivity index (χ1n) is 6.64. The van der Waals surface area contributed by atoms with Crippen LogP contribution in [0.2, 0.25) is 0 Å². The topological polar surface area (TPSA) is 30.9 Å². The van der Waals surface area contributed by atoms with Crippen LogP contribution in [0, 0.1) is 0 Å². The number of ether oxygens (including phenoxy) is 3. The molecule has 2 aliphatic heterocycles. The van der Waals surface area contributed by atoms with Gasteiger partial charge in [-0.3, -0.25) is 0 Å². The lowest BCUT2D eigenvalue weighted by Gasteiger charge is -2.31. The minimum absolute atomic E-state index is 0.313. The molecule has 2 aliphatic rings. The highest BCUT2D eigenvalue weighted by Gasteiger charge is 2.20. The third kappa shape index (κ3) is 2.38. The summed E-state index contributed by atoms with van der Waals surface area (Å²) in [5.74, 6) is 2.48. The minimum Gasteiger partial charge on any atom is -0.490 e. The molecule has 4 heteroatoms. The predicted molar refractivity (Wildman–Crippen MR) is 68.3 cm³/mol. The van der Waals surface area contributed by atoms with E-state index in [4.69, 9.17) is 14.2 Å². The summed E-state index contributed by atoms with van der Waals surface area (Å²) < 4.78 is 16.7. The van der Waals surface area contributed by atoms with Gasteiger partial charge in [-0.2, -0.15) is 0 Å². The zero-order valence-corrected chi connectivity index (χ0v) is 10.7. The Kier molecular flexibility index (Phi) is 3.28. The van der Waals surface area contributed by atoms with Crippen LogP contribution in [-0.4, -0.2) is 37.4 Å². The van der Waals surface area contributed by atoms with Crippen molar-refractivity contribution in [2.75, 3.05) is 26.4 Å². The summed E-state index contributed by atoms with van der Waals surface area (Å²) in [7, 11) is 0. The second-order valence-corrected chi connectivity index (χ2v) is 4.77. The van der Waals surface area contributed by atoms with E-state index in [-0.39, 0.29) is 0 Å². The summed E-state index contributed by atoms with van der Waals surface area (Å²) in [4.78, 5) is 2.46. The van der Waals surface area contributed by atoms with Crippen molar-refractivity contribution in [2.45, 2.75) is 25.9 Å². The zero-order chi connectivity index (χ0) is 12.4. The number of hydrogen-bond acceptors (Lipinski definition) is 4. The van der Waals surface area contributed by atoms with Gasteiger partial charge >= 0.3 is 0 Å². The molecular formula is C14H19NO3. The maximum atomic E-state index is 6.01. The summed E-state index contributed by atoms with van der Waals surface area (Å²) in [5.41, 5.74) is 0. The van der Waals surface area contributed by atoms with Crippen LogP contribution in [-0.2, 0) is 0 Å². The summed E-state index contributed by atoms with van der Waals surface area (Å²) in [6, 6.07) is 5.80. The van der Waals surface area contributed by atoms with Crippen LogP contribution in [0.5, 0.6) is 17.2 Å². The Bertz CT molecular complexity index is 414. The molecule has 0 unspecified atom stereocenters. The molecule has 0 bridgehead atoms. The fraction of sp³-hybridized carbons (Fsp3) is 0.571. The molecule has 0 radical (unpaired) electrons. The maximum absolute atomic E-state index is 6.01. The first kappa shape index (κ1) is 11.7. The van der Waals surface area contributed by atoms with E-state index in [1.54, 1.807) is 0 Å². The molecule has 1 saturated heterocycles. The van der Waals surface area contributed by atoms with Gasteiger partial charge in [-0.25, -0.2) is 0 Å². The largest absolute Gasteiger partial charge is 0.490 e. The Balaban J connectivity index is 1.60. The van der Waals surface area contributed by atoms with E-state index < -0.39 is 0 Å². The quantitative estimate of drug-likeness (QED) is 0.822. The van der Waals surface area contributed by atoms with E-state index in [9.17, 15) is 0 Å². The van der Waals surface area contributed by atoms with Gasteiger partial charge < -0.3 is 19.1 Å². The summed E-state index contributed by atoms with van der Waals surface area (Å²) in [6.45, 7) is 5.92. The number of piperidine rings is 1. The lowest BCUT2D eigenvalue weighted by molar-refractivity contribution is 0.103. The lowest BCUT2D eigenvalue weighted by atomic mass is 10.1. The first-order chi connectivity index (χ1) is 8.85. The molecule has 1 aromatic rings. The van der Waals surface area contributed by atoms with Crippen molar-refractivity contribution in [3.8, 4) is 17.2 Å². The Labute approximate surface area is 107 Å². The van der Waals surface area contributed by atoms with E-state index in [0.717, 1.165) is 49.7 Å². The number of likely N-dealkylation sites (tertiary alicyclic amines) is 1. The molecule has 0 N–H and O–H groups in total. The highest BCUT2D eigenvalue weighted by atomic mass is 16.7. The highest BCUT2D eigenvalue weighted by Crippen LogP contribution is 2.35. The monoisotopic (exact) mass is 249 g/mol. The molecule has 0 aromatic heterocycles. The molecule has 4 nitrogen and oxygen atoms in total. The Morgan fingerprint density at radius 1 is 1.22 bits per heavy atom. The van der Waals surface area contributed by atoms with Gasteiger partial charge in [-0.1, -0.05) is 6.92 Å². The van der Waals surface area contributed by atoms with E-state index in [1.165, 1.54) is 0 Å². The molecule has 0 aliphatic carbocycles. The van der Waals surface area contributed by atoms with Gasteiger partial charge in [0.15, 0.2) is 11.5 Å². The fourth-order valence-corrected chi connectivity index (χ4v) is 2.49. The van der Waals surface area contributed by atoms with E-state index in [1.807, 2.05) is 18.2 Å². The summed E-state index contributed by atoms with van der Waals surface area (Å²) in [5, 5.41) is 0. The van der Waals surface area contributed by atoms with Crippen molar-refractivity contribution < 1.29 is 14.2 Å². The third-order valence-electron chi connectivity index (χ3n) is 3.63. The third-order valence-corrected chi connectivity index (χ3v) is 3.63.